The van der Waals surface area contributed by atoms with Crippen LogP contribution in [0.25, 0.3) is 10.8 Å². The number of nitrogens with zero attached hydrogens (tertiary/aromatic N) is 1. The van der Waals surface area contributed by atoms with Gasteiger partial charge in [0.05, 0.1) is 0 Å². The predicted molar refractivity (Wildman–Crippen MR) is 75.5 cm³/mol. The number of halogens is 1. The van der Waals surface area contributed by atoms with Crippen LogP contribution in [0.3, 0.4) is 0 Å². The Labute approximate surface area is 135 Å². The first-order valence-corrected chi connectivity index (χ1v) is 6.44. The molecule has 2 nitrogen and oxygen atoms in total. The number of benzene rings is 2. The SMILES string of the molecule is OC(C[n+]1ccc2ccccc2c1)c1ccccc1.[I-]. The van der Waals surface area contributed by atoms with E-state index in [1.54, 1.807) is 0 Å². The molecule has 1 atom stereocenters. The lowest BCUT2D eigenvalue weighted by Gasteiger charge is -2.07. The Morgan fingerprint density at radius 1 is 0.850 bits per heavy atom. The zero-order chi connectivity index (χ0) is 13.1. The quantitative estimate of drug-likeness (QED) is 0.499. The number of rotatable bonds is 3. The van der Waals surface area contributed by atoms with E-state index >= 15 is 0 Å². The molecule has 3 aromatic rings. The van der Waals surface area contributed by atoms with E-state index in [0.717, 1.165) is 5.56 Å². The fraction of sp³-hybridized carbons (Fsp3) is 0.118. The summed E-state index contributed by atoms with van der Waals surface area (Å²) in [6, 6.07) is 20.1. The lowest BCUT2D eigenvalue weighted by Crippen LogP contribution is -3.00. The van der Waals surface area contributed by atoms with E-state index in [-0.39, 0.29) is 24.0 Å². The topological polar surface area (TPSA) is 24.1 Å². The maximum Gasteiger partial charge on any atom is 0.178 e. The molecule has 0 saturated carbocycles. The second-order valence-corrected chi connectivity index (χ2v) is 4.70. The van der Waals surface area contributed by atoms with Gasteiger partial charge in [-0.25, -0.2) is 4.57 Å². The van der Waals surface area contributed by atoms with Gasteiger partial charge in [0.2, 0.25) is 0 Å². The minimum atomic E-state index is -0.479. The summed E-state index contributed by atoms with van der Waals surface area (Å²) in [7, 11) is 0. The van der Waals surface area contributed by atoms with Crippen molar-refractivity contribution in [1.82, 2.24) is 0 Å². The summed E-state index contributed by atoms with van der Waals surface area (Å²) in [6.45, 7) is 0.564. The maximum atomic E-state index is 10.2. The van der Waals surface area contributed by atoms with Crippen LogP contribution in [0.15, 0.2) is 73.1 Å². The number of hydrogen-bond acceptors (Lipinski definition) is 1. The van der Waals surface area contributed by atoms with Gasteiger partial charge in [-0.15, -0.1) is 0 Å². The third-order valence-electron chi connectivity index (χ3n) is 3.31. The molecular weight excluding hydrogens is 361 g/mol. The van der Waals surface area contributed by atoms with E-state index in [4.69, 9.17) is 0 Å². The zero-order valence-corrected chi connectivity index (χ0v) is 13.1. The van der Waals surface area contributed by atoms with Crippen LogP contribution in [-0.2, 0) is 6.54 Å². The van der Waals surface area contributed by atoms with Crippen molar-refractivity contribution < 1.29 is 33.7 Å². The lowest BCUT2D eigenvalue weighted by atomic mass is 10.1. The zero-order valence-electron chi connectivity index (χ0n) is 11.0. The molecule has 3 rings (SSSR count). The molecule has 0 aliphatic heterocycles. The van der Waals surface area contributed by atoms with Crippen molar-refractivity contribution in [3.63, 3.8) is 0 Å². The first-order valence-electron chi connectivity index (χ1n) is 6.44. The van der Waals surface area contributed by atoms with Gasteiger partial charge in [-0.2, -0.15) is 0 Å². The molecule has 0 fully saturated rings. The smallest absolute Gasteiger partial charge is 0.178 e. The van der Waals surface area contributed by atoms with Crippen LogP contribution in [0.5, 0.6) is 0 Å². The average Bonchev–Trinajstić information content (AvgIpc) is 2.48. The summed E-state index contributed by atoms with van der Waals surface area (Å²) < 4.78 is 2.03. The van der Waals surface area contributed by atoms with Crippen LogP contribution < -0.4 is 28.5 Å². The Morgan fingerprint density at radius 3 is 2.25 bits per heavy atom. The number of aromatic nitrogens is 1. The second kappa shape index (κ2) is 6.81. The highest BCUT2D eigenvalue weighted by Gasteiger charge is 2.13. The van der Waals surface area contributed by atoms with Crippen molar-refractivity contribution in [3.05, 3.63) is 78.6 Å². The fourth-order valence-corrected chi connectivity index (χ4v) is 2.27. The third-order valence-corrected chi connectivity index (χ3v) is 3.31. The molecular formula is C17H16INO. The van der Waals surface area contributed by atoms with Crippen LogP contribution in [0.4, 0.5) is 0 Å². The largest absolute Gasteiger partial charge is 1.00 e. The Kier molecular flexibility index (Phi) is 5.09. The second-order valence-electron chi connectivity index (χ2n) is 4.70. The molecule has 1 N–H and O–H groups in total. The van der Waals surface area contributed by atoms with Crippen molar-refractivity contribution in [1.29, 1.82) is 0 Å². The van der Waals surface area contributed by atoms with Crippen molar-refractivity contribution in [2.45, 2.75) is 12.6 Å². The number of hydrogen-bond donors (Lipinski definition) is 1. The van der Waals surface area contributed by atoms with Crippen molar-refractivity contribution >= 4 is 10.8 Å². The van der Waals surface area contributed by atoms with Gasteiger partial charge in [0.15, 0.2) is 18.9 Å². The van der Waals surface area contributed by atoms with Gasteiger partial charge in [-0.05, 0) is 17.0 Å². The molecule has 2 aromatic carbocycles. The summed E-state index contributed by atoms with van der Waals surface area (Å²) in [5.41, 5.74) is 0.947. The minimum absolute atomic E-state index is 0. The van der Waals surface area contributed by atoms with Gasteiger partial charge in [0.1, 0.15) is 6.10 Å². The molecule has 0 amide bonds. The van der Waals surface area contributed by atoms with Gasteiger partial charge in [-0.3, -0.25) is 0 Å². The Morgan fingerprint density at radius 2 is 1.50 bits per heavy atom. The molecule has 0 radical (unpaired) electrons. The van der Waals surface area contributed by atoms with Crippen LogP contribution in [0.1, 0.15) is 11.7 Å². The highest BCUT2D eigenvalue weighted by Crippen LogP contribution is 2.13. The molecule has 3 heteroatoms. The minimum Gasteiger partial charge on any atom is -1.00 e. The molecule has 0 aliphatic carbocycles. The molecule has 1 unspecified atom stereocenters. The molecule has 0 bridgehead atoms. The number of aliphatic hydroxyl groups is 1. The highest BCUT2D eigenvalue weighted by molar-refractivity contribution is 5.80. The molecule has 1 heterocycles. The lowest BCUT2D eigenvalue weighted by molar-refractivity contribution is -0.703. The van der Waals surface area contributed by atoms with Gasteiger partial charge in [0.25, 0.3) is 0 Å². The third kappa shape index (κ3) is 3.35. The van der Waals surface area contributed by atoms with Gasteiger partial charge in [0, 0.05) is 11.5 Å². The number of fused-ring (bicyclic) bond motifs is 1. The summed E-state index contributed by atoms with van der Waals surface area (Å²) in [4.78, 5) is 0. The Hall–Kier alpha value is -1.46. The van der Waals surface area contributed by atoms with Crippen molar-refractivity contribution in [2.75, 3.05) is 0 Å². The maximum absolute atomic E-state index is 10.2. The van der Waals surface area contributed by atoms with Gasteiger partial charge < -0.3 is 29.1 Å². The van der Waals surface area contributed by atoms with Crippen LogP contribution in [0.2, 0.25) is 0 Å². The van der Waals surface area contributed by atoms with E-state index < -0.39 is 6.10 Å². The summed E-state index contributed by atoms with van der Waals surface area (Å²) >= 11 is 0. The molecule has 0 aliphatic rings. The van der Waals surface area contributed by atoms with Crippen LogP contribution in [-0.4, -0.2) is 5.11 Å². The summed E-state index contributed by atoms with van der Waals surface area (Å²) in [6.07, 6.45) is 3.60. The standard InChI is InChI=1S/C17H16NO.HI/c19-17(15-7-2-1-3-8-15)13-18-11-10-14-6-4-5-9-16(14)12-18;/h1-12,17,19H,13H2;1H/q+1;/p-1. The van der Waals surface area contributed by atoms with Crippen molar-refractivity contribution in [2.24, 2.45) is 0 Å². The highest BCUT2D eigenvalue weighted by atomic mass is 127. The normalized spacial score (nSPS) is 11.8. The van der Waals surface area contributed by atoms with Crippen LogP contribution in [0, 0.1) is 0 Å². The molecule has 0 saturated heterocycles. The first kappa shape index (κ1) is 14.9. The van der Waals surface area contributed by atoms with E-state index in [9.17, 15) is 5.11 Å². The van der Waals surface area contributed by atoms with Crippen molar-refractivity contribution in [3.8, 4) is 0 Å². The van der Waals surface area contributed by atoms with Gasteiger partial charge in [-0.1, -0.05) is 48.5 Å². The van der Waals surface area contributed by atoms with Crippen LogP contribution >= 0.6 is 0 Å². The first-order chi connectivity index (χ1) is 9.33. The van der Waals surface area contributed by atoms with E-state index in [1.165, 1.54) is 10.8 Å². The fourth-order valence-electron chi connectivity index (χ4n) is 2.27. The van der Waals surface area contributed by atoms with Gasteiger partial charge >= 0.3 is 0 Å². The molecule has 102 valence electrons. The van der Waals surface area contributed by atoms with E-state index in [1.807, 2.05) is 53.2 Å². The number of aliphatic hydroxyl groups excluding tert-OH is 1. The predicted octanol–water partition coefficient (Wildman–Crippen LogP) is -0.135. The Bertz CT molecular complexity index is 685. The molecule has 1 aromatic heterocycles. The average molecular weight is 377 g/mol. The summed E-state index contributed by atoms with van der Waals surface area (Å²) in [5, 5.41) is 12.6. The Balaban J connectivity index is 0.00000147. The molecule has 0 spiro atoms. The van der Waals surface area contributed by atoms with E-state index in [2.05, 4.69) is 24.4 Å². The summed E-state index contributed by atoms with van der Waals surface area (Å²) in [5.74, 6) is 0. The monoisotopic (exact) mass is 377 g/mol. The molecule has 20 heavy (non-hydrogen) atoms. The van der Waals surface area contributed by atoms with E-state index in [0.29, 0.717) is 6.54 Å². The number of pyridine rings is 1.